The Morgan fingerprint density at radius 3 is 1.76 bits per heavy atom. The molecule has 3 nitrogen and oxygen atoms in total. The van der Waals surface area contributed by atoms with Gasteiger partial charge in [0.05, 0.1) is 11.1 Å². The van der Waals surface area contributed by atoms with E-state index in [1.54, 1.807) is 11.3 Å². The molecule has 6 aromatic rings. The van der Waals surface area contributed by atoms with Crippen molar-refractivity contribution in [1.29, 1.82) is 0 Å². The van der Waals surface area contributed by atoms with Crippen molar-refractivity contribution in [2.75, 3.05) is 0 Å². The Balaban J connectivity index is 0.00000504. The number of benzene rings is 4. The Hall–Kier alpha value is -3.59. The van der Waals surface area contributed by atoms with Crippen LogP contribution in [0.4, 0.5) is 0 Å². The number of hydrogen-bond acceptors (Lipinski definition) is 4. The van der Waals surface area contributed by atoms with Gasteiger partial charge in [-0.25, -0.2) is 4.98 Å². The van der Waals surface area contributed by atoms with Gasteiger partial charge in [0.2, 0.25) is 0 Å². The Labute approximate surface area is 323 Å². The molecule has 0 aliphatic rings. The quantitative estimate of drug-likeness (QED) is 0.180. The van der Waals surface area contributed by atoms with E-state index in [0.717, 1.165) is 59.9 Å². The minimum absolute atomic E-state index is 0. The molecule has 0 atom stereocenters. The minimum Gasteiger partial charge on any atom is -0.507 e. The van der Waals surface area contributed by atoms with Gasteiger partial charge in [-0.3, -0.25) is 4.98 Å². The number of phenols is 1. The normalized spacial score (nSPS) is 12.6. The van der Waals surface area contributed by atoms with Gasteiger partial charge in [0.1, 0.15) is 10.8 Å². The summed E-state index contributed by atoms with van der Waals surface area (Å²) in [6.45, 7) is 26.7. The summed E-state index contributed by atoms with van der Waals surface area (Å²) in [5.74, 6) is 0.315. The molecule has 5 heteroatoms. The van der Waals surface area contributed by atoms with Crippen LogP contribution in [0, 0.1) is 6.07 Å². The molecule has 0 bridgehead atoms. The second kappa shape index (κ2) is 13.8. The molecule has 0 aliphatic carbocycles. The Morgan fingerprint density at radius 2 is 1.16 bits per heavy atom. The molecule has 2 aromatic heterocycles. The fourth-order valence-electron chi connectivity index (χ4n) is 6.26. The minimum atomic E-state index is -0.230. The van der Waals surface area contributed by atoms with Crippen molar-refractivity contribution in [3.63, 3.8) is 0 Å². The monoisotopic (exact) mass is 874 g/mol. The van der Waals surface area contributed by atoms with E-state index < -0.39 is 0 Å². The zero-order valence-corrected chi connectivity index (χ0v) is 35.2. The van der Waals surface area contributed by atoms with E-state index in [1.807, 2.05) is 12.3 Å². The van der Waals surface area contributed by atoms with Gasteiger partial charge in [0.25, 0.3) is 0 Å². The fraction of sp³-hybridized carbons (Fsp3) is 0.348. The summed E-state index contributed by atoms with van der Waals surface area (Å²) in [5.41, 5.74) is 12.0. The molecular weight excluding hydrogens is 824 g/mol. The molecule has 0 saturated carbocycles. The predicted molar refractivity (Wildman–Crippen MR) is 214 cm³/mol. The van der Waals surface area contributed by atoms with Crippen molar-refractivity contribution in [3.05, 3.63) is 113 Å². The van der Waals surface area contributed by atoms with Crippen molar-refractivity contribution < 1.29 is 26.2 Å². The molecule has 51 heavy (non-hydrogen) atoms. The first kappa shape index (κ1) is 38.6. The Bertz CT molecular complexity index is 2200. The number of rotatable bonds is 4. The maximum Gasteiger partial charge on any atom is 0.129 e. The van der Waals surface area contributed by atoms with E-state index in [-0.39, 0.29) is 42.7 Å². The number of hydrogen-bond donors (Lipinski definition) is 1. The van der Waals surface area contributed by atoms with Gasteiger partial charge in [0.15, 0.2) is 0 Å². The number of fused-ring (bicyclic) bond motifs is 1. The molecule has 4 aromatic carbocycles. The van der Waals surface area contributed by atoms with Gasteiger partial charge >= 0.3 is 0 Å². The van der Waals surface area contributed by atoms with E-state index >= 15 is 0 Å². The third kappa shape index (κ3) is 8.08. The Kier molecular flexibility index (Phi) is 10.4. The molecule has 0 fully saturated rings. The summed E-state index contributed by atoms with van der Waals surface area (Å²) < 4.78 is 1.10. The van der Waals surface area contributed by atoms with E-state index in [9.17, 15) is 5.11 Å². The standard InChI is InChI=1S/C46H51N2OS.Pt/c1-43(2,3)32-21-30(20-31(22-32)38-23-29(18-19-47-38)28-16-14-13-15-17-28)35-24-34(45(7,8)9)27-39-40(35)48-42(50-39)36-25-33(44(4,5)6)26-37(41(36)49)46(10,11)12;/h13-19,21-27,49H,1-12H3;/q-1;. The van der Waals surface area contributed by atoms with E-state index in [0.29, 0.717) is 5.75 Å². The average molecular weight is 875 g/mol. The summed E-state index contributed by atoms with van der Waals surface area (Å²) >= 11 is 1.65. The molecule has 0 amide bonds. The third-order valence-electron chi connectivity index (χ3n) is 9.54. The fourth-order valence-corrected chi connectivity index (χ4v) is 7.31. The van der Waals surface area contributed by atoms with E-state index in [2.05, 4.69) is 162 Å². The first-order valence-electron chi connectivity index (χ1n) is 17.6. The number of nitrogens with zero attached hydrogens (tertiary/aromatic N) is 2. The summed E-state index contributed by atoms with van der Waals surface area (Å²) in [6, 6.07) is 31.9. The predicted octanol–water partition coefficient (Wildman–Crippen LogP) is 13.1. The van der Waals surface area contributed by atoms with Gasteiger partial charge in [-0.15, -0.1) is 40.7 Å². The summed E-state index contributed by atoms with van der Waals surface area (Å²) in [6.07, 6.45) is 1.89. The van der Waals surface area contributed by atoms with E-state index in [4.69, 9.17) is 9.97 Å². The summed E-state index contributed by atoms with van der Waals surface area (Å²) in [7, 11) is 0. The number of aromatic hydroxyl groups is 1. The maximum atomic E-state index is 11.8. The smallest absolute Gasteiger partial charge is 0.129 e. The van der Waals surface area contributed by atoms with Crippen molar-refractivity contribution >= 4 is 21.6 Å². The molecule has 0 aliphatic heterocycles. The molecule has 1 N–H and O–H groups in total. The SMILES string of the molecule is CC(C)(C)c1cc(-c2cc(-c3ccccc3)ccn2)[c-]c(-c2cc(C(C)(C)C)cc3sc(-c4cc(C(C)(C)C)cc(C(C)(C)C)c4O)nc23)c1.[Pt]. The molecule has 2 heterocycles. The zero-order valence-electron chi connectivity index (χ0n) is 32.1. The summed E-state index contributed by atoms with van der Waals surface area (Å²) in [4.78, 5) is 10.2. The molecule has 268 valence electrons. The van der Waals surface area contributed by atoms with Crippen molar-refractivity contribution in [2.24, 2.45) is 0 Å². The maximum absolute atomic E-state index is 11.8. The first-order chi connectivity index (χ1) is 23.2. The zero-order chi connectivity index (χ0) is 36.4. The summed E-state index contributed by atoms with van der Waals surface area (Å²) in [5, 5.41) is 12.6. The van der Waals surface area contributed by atoms with Gasteiger partial charge in [0, 0.05) is 43.2 Å². The molecule has 0 spiro atoms. The number of thiazole rings is 1. The Morgan fingerprint density at radius 1 is 0.588 bits per heavy atom. The van der Waals surface area contributed by atoms with Crippen LogP contribution in [-0.2, 0) is 42.7 Å². The topological polar surface area (TPSA) is 46.0 Å². The van der Waals surface area contributed by atoms with Crippen LogP contribution in [0.15, 0.2) is 85.1 Å². The van der Waals surface area contributed by atoms with Crippen molar-refractivity contribution in [3.8, 4) is 49.8 Å². The number of aromatic nitrogens is 2. The van der Waals surface area contributed by atoms with Crippen molar-refractivity contribution in [1.82, 2.24) is 9.97 Å². The number of pyridine rings is 1. The number of phenolic OH excluding ortho intramolecular Hbond substituents is 1. The van der Waals surface area contributed by atoms with Crippen LogP contribution in [-0.4, -0.2) is 15.1 Å². The van der Waals surface area contributed by atoms with Gasteiger partial charge in [-0.1, -0.05) is 143 Å². The second-order valence-electron chi connectivity index (χ2n) is 17.8. The van der Waals surface area contributed by atoms with Crippen LogP contribution in [0.3, 0.4) is 0 Å². The van der Waals surface area contributed by atoms with Crippen molar-refractivity contribution in [2.45, 2.75) is 105 Å². The second-order valence-corrected chi connectivity index (χ2v) is 18.8. The average Bonchev–Trinajstić information content (AvgIpc) is 3.47. The molecule has 0 unspecified atom stereocenters. The molecule has 0 radical (unpaired) electrons. The van der Waals surface area contributed by atoms with Gasteiger partial charge < -0.3 is 5.11 Å². The van der Waals surface area contributed by atoms with Crippen LogP contribution in [0.1, 0.15) is 105 Å². The van der Waals surface area contributed by atoms with Crippen LogP contribution >= 0.6 is 11.3 Å². The van der Waals surface area contributed by atoms with Gasteiger partial charge in [-0.05, 0) is 62.1 Å². The largest absolute Gasteiger partial charge is 0.507 e. The molecular formula is C46H51N2OPtS-. The molecule has 0 saturated heterocycles. The van der Waals surface area contributed by atoms with Crippen LogP contribution in [0.5, 0.6) is 5.75 Å². The van der Waals surface area contributed by atoms with E-state index in [1.165, 1.54) is 16.7 Å². The first-order valence-corrected chi connectivity index (χ1v) is 18.5. The van der Waals surface area contributed by atoms with Crippen LogP contribution in [0.25, 0.3) is 54.3 Å². The third-order valence-corrected chi connectivity index (χ3v) is 10.6. The van der Waals surface area contributed by atoms with Crippen LogP contribution in [0.2, 0.25) is 0 Å². The van der Waals surface area contributed by atoms with Crippen LogP contribution < -0.4 is 0 Å². The van der Waals surface area contributed by atoms with Gasteiger partial charge in [-0.2, -0.15) is 0 Å². The molecule has 6 rings (SSSR count).